The van der Waals surface area contributed by atoms with E-state index in [0.717, 1.165) is 30.6 Å². The predicted octanol–water partition coefficient (Wildman–Crippen LogP) is 6.25. The van der Waals surface area contributed by atoms with Crippen LogP contribution in [0, 0.1) is 23.7 Å². The van der Waals surface area contributed by atoms with Crippen molar-refractivity contribution in [2.75, 3.05) is 18.1 Å². The lowest BCUT2D eigenvalue weighted by molar-refractivity contribution is 0.295. The zero-order chi connectivity index (χ0) is 20.7. The molecule has 0 aliphatic carbocycles. The Hall–Kier alpha value is -0.0900. The minimum absolute atomic E-state index is 0.0383. The van der Waals surface area contributed by atoms with Crippen LogP contribution in [0.15, 0.2) is 0 Å². The summed E-state index contributed by atoms with van der Waals surface area (Å²) in [6.45, 7) is 11.5. The van der Waals surface area contributed by atoms with Crippen LogP contribution >= 0.6 is 0 Å². The van der Waals surface area contributed by atoms with Crippen molar-refractivity contribution in [3.63, 3.8) is 0 Å². The molecule has 0 radical (unpaired) electrons. The van der Waals surface area contributed by atoms with Gasteiger partial charge in [-0.2, -0.15) is 0 Å². The number of rotatable bonds is 18. The molecule has 27 heavy (non-hydrogen) atoms. The fourth-order valence-electron chi connectivity index (χ4n) is 3.70. The summed E-state index contributed by atoms with van der Waals surface area (Å²) in [4.78, 5) is 0. The van der Waals surface area contributed by atoms with Crippen LogP contribution in [-0.4, -0.2) is 31.6 Å². The van der Waals surface area contributed by atoms with E-state index in [1.807, 2.05) is 0 Å². The molecule has 0 aliphatic heterocycles. The number of sulfone groups is 1. The first-order valence-corrected chi connectivity index (χ1v) is 13.3. The van der Waals surface area contributed by atoms with Gasteiger partial charge in [0.25, 0.3) is 0 Å². The molecule has 0 aromatic carbocycles. The summed E-state index contributed by atoms with van der Waals surface area (Å²) >= 11 is 0. The lowest BCUT2D eigenvalue weighted by Gasteiger charge is -2.16. The highest BCUT2D eigenvalue weighted by Gasteiger charge is 2.13. The SMILES string of the molecule is CC(C)CCCC(C)CCCC(C)CCCC(C)CCS(=O)(=O)CCCO. The van der Waals surface area contributed by atoms with Crippen LogP contribution in [0.3, 0.4) is 0 Å². The maximum absolute atomic E-state index is 11.8. The van der Waals surface area contributed by atoms with Gasteiger partial charge in [0, 0.05) is 6.61 Å². The molecule has 0 aliphatic rings. The lowest BCUT2D eigenvalue weighted by Crippen LogP contribution is -2.14. The molecule has 0 aromatic rings. The largest absolute Gasteiger partial charge is 0.396 e. The van der Waals surface area contributed by atoms with Crippen molar-refractivity contribution in [2.45, 2.75) is 105 Å². The molecule has 0 rings (SSSR count). The Bertz CT molecular complexity index is 431. The molecule has 3 atom stereocenters. The first-order chi connectivity index (χ1) is 12.7. The van der Waals surface area contributed by atoms with Gasteiger partial charge in [-0.15, -0.1) is 0 Å². The molecule has 1 N–H and O–H groups in total. The second-order valence-corrected chi connectivity index (χ2v) is 11.8. The highest BCUT2D eigenvalue weighted by molar-refractivity contribution is 7.91. The molecule has 0 saturated heterocycles. The normalized spacial score (nSPS) is 15.8. The molecule has 3 nitrogen and oxygen atoms in total. The van der Waals surface area contributed by atoms with Gasteiger partial charge in [0.2, 0.25) is 0 Å². The summed E-state index contributed by atoms with van der Waals surface area (Å²) in [5.41, 5.74) is 0. The lowest BCUT2D eigenvalue weighted by atomic mass is 9.91. The second-order valence-electron chi connectivity index (χ2n) is 9.52. The van der Waals surface area contributed by atoms with Crippen molar-refractivity contribution in [1.82, 2.24) is 0 Å². The van der Waals surface area contributed by atoms with Crippen molar-refractivity contribution in [2.24, 2.45) is 23.7 Å². The van der Waals surface area contributed by atoms with E-state index in [1.165, 1.54) is 51.4 Å². The van der Waals surface area contributed by atoms with Crippen molar-refractivity contribution >= 4 is 9.84 Å². The molecule has 0 heterocycles. The fourth-order valence-corrected chi connectivity index (χ4v) is 5.24. The van der Waals surface area contributed by atoms with Gasteiger partial charge in [0.1, 0.15) is 9.84 Å². The first-order valence-electron chi connectivity index (χ1n) is 11.5. The van der Waals surface area contributed by atoms with E-state index in [2.05, 4.69) is 34.6 Å². The average molecular weight is 405 g/mol. The molecule has 0 fully saturated rings. The number of aliphatic hydroxyl groups excluding tert-OH is 1. The summed E-state index contributed by atoms with van der Waals surface area (Å²) in [6, 6.07) is 0. The van der Waals surface area contributed by atoms with Gasteiger partial charge < -0.3 is 5.11 Å². The van der Waals surface area contributed by atoms with Gasteiger partial charge in [-0.05, 0) is 36.5 Å². The number of hydrogen-bond acceptors (Lipinski definition) is 3. The molecular formula is C23H48O3S. The third-order valence-electron chi connectivity index (χ3n) is 5.80. The van der Waals surface area contributed by atoms with Gasteiger partial charge in [-0.25, -0.2) is 8.42 Å². The Morgan fingerprint density at radius 1 is 0.593 bits per heavy atom. The van der Waals surface area contributed by atoms with E-state index in [-0.39, 0.29) is 18.1 Å². The first kappa shape index (κ1) is 26.9. The van der Waals surface area contributed by atoms with Crippen molar-refractivity contribution in [3.8, 4) is 0 Å². The van der Waals surface area contributed by atoms with Gasteiger partial charge in [-0.3, -0.25) is 0 Å². The van der Waals surface area contributed by atoms with Gasteiger partial charge >= 0.3 is 0 Å². The van der Waals surface area contributed by atoms with E-state index in [9.17, 15) is 8.42 Å². The topological polar surface area (TPSA) is 54.4 Å². The summed E-state index contributed by atoms with van der Waals surface area (Å²) in [6.07, 6.45) is 12.9. The molecule has 0 spiro atoms. The van der Waals surface area contributed by atoms with Crippen LogP contribution < -0.4 is 0 Å². The average Bonchev–Trinajstić information content (AvgIpc) is 2.58. The Morgan fingerprint density at radius 2 is 1.00 bits per heavy atom. The molecule has 0 bridgehead atoms. The van der Waals surface area contributed by atoms with E-state index in [1.54, 1.807) is 0 Å². The second kappa shape index (κ2) is 15.8. The standard InChI is InChI=1S/C23H48O3S/c1-20(2)10-6-11-21(3)12-7-13-22(4)14-8-15-23(5)16-19-27(25,26)18-9-17-24/h20-24H,6-19H2,1-5H3. The maximum Gasteiger partial charge on any atom is 0.150 e. The Kier molecular flexibility index (Phi) is 15.7. The monoisotopic (exact) mass is 404 g/mol. The molecule has 0 aromatic heterocycles. The number of hydrogen-bond donors (Lipinski definition) is 1. The van der Waals surface area contributed by atoms with E-state index >= 15 is 0 Å². The summed E-state index contributed by atoms with van der Waals surface area (Å²) in [5, 5.41) is 8.76. The van der Waals surface area contributed by atoms with E-state index in [4.69, 9.17) is 5.11 Å². The van der Waals surface area contributed by atoms with Crippen LogP contribution in [0.25, 0.3) is 0 Å². The van der Waals surface area contributed by atoms with Gasteiger partial charge in [0.05, 0.1) is 11.5 Å². The minimum atomic E-state index is -2.97. The van der Waals surface area contributed by atoms with Crippen LogP contribution in [0.1, 0.15) is 105 Å². The van der Waals surface area contributed by atoms with E-state index in [0.29, 0.717) is 12.3 Å². The molecule has 4 heteroatoms. The molecule has 0 amide bonds. The summed E-state index contributed by atoms with van der Waals surface area (Å²) < 4.78 is 23.7. The van der Waals surface area contributed by atoms with Crippen molar-refractivity contribution in [1.29, 1.82) is 0 Å². The van der Waals surface area contributed by atoms with Crippen LogP contribution in [0.2, 0.25) is 0 Å². The van der Waals surface area contributed by atoms with Crippen LogP contribution in [0.5, 0.6) is 0 Å². The molecular weight excluding hydrogens is 356 g/mol. The number of aliphatic hydroxyl groups is 1. The Labute approximate surface area is 170 Å². The summed E-state index contributed by atoms with van der Waals surface area (Å²) in [5.74, 6) is 3.36. The minimum Gasteiger partial charge on any atom is -0.396 e. The smallest absolute Gasteiger partial charge is 0.150 e. The Balaban J connectivity index is 3.71. The molecule has 3 unspecified atom stereocenters. The van der Waals surface area contributed by atoms with Crippen molar-refractivity contribution in [3.05, 3.63) is 0 Å². The highest BCUT2D eigenvalue weighted by atomic mass is 32.2. The quantitative estimate of drug-likeness (QED) is 0.294. The molecule has 164 valence electrons. The van der Waals surface area contributed by atoms with Gasteiger partial charge in [-0.1, -0.05) is 92.4 Å². The highest BCUT2D eigenvalue weighted by Crippen LogP contribution is 2.22. The Morgan fingerprint density at radius 3 is 1.41 bits per heavy atom. The summed E-state index contributed by atoms with van der Waals surface area (Å²) in [7, 11) is -2.97. The maximum atomic E-state index is 11.8. The fraction of sp³-hybridized carbons (Fsp3) is 1.00. The zero-order valence-corrected chi connectivity index (χ0v) is 19.7. The van der Waals surface area contributed by atoms with Crippen LogP contribution in [0.4, 0.5) is 0 Å². The van der Waals surface area contributed by atoms with Gasteiger partial charge in [0.15, 0.2) is 0 Å². The zero-order valence-electron chi connectivity index (χ0n) is 18.9. The molecule has 0 saturated carbocycles. The predicted molar refractivity (Wildman–Crippen MR) is 119 cm³/mol. The third-order valence-corrected chi connectivity index (χ3v) is 7.57. The van der Waals surface area contributed by atoms with E-state index < -0.39 is 9.84 Å². The third kappa shape index (κ3) is 17.7. The van der Waals surface area contributed by atoms with Crippen molar-refractivity contribution < 1.29 is 13.5 Å². The van der Waals surface area contributed by atoms with Crippen LogP contribution in [-0.2, 0) is 9.84 Å².